The lowest BCUT2D eigenvalue weighted by Gasteiger charge is -2.14. The fourth-order valence-electron chi connectivity index (χ4n) is 1.85. The molecule has 0 aliphatic carbocycles. The maximum absolute atomic E-state index is 10.7. The van der Waals surface area contributed by atoms with E-state index in [9.17, 15) is 4.79 Å². The van der Waals surface area contributed by atoms with Gasteiger partial charge in [0.05, 0.1) is 6.61 Å². The normalized spacial score (nSPS) is 12.4. The van der Waals surface area contributed by atoms with Gasteiger partial charge in [-0.1, -0.05) is 58.8 Å². The van der Waals surface area contributed by atoms with Crippen molar-refractivity contribution >= 4 is 5.97 Å². The van der Waals surface area contributed by atoms with Gasteiger partial charge in [-0.25, -0.2) is 0 Å². The van der Waals surface area contributed by atoms with Gasteiger partial charge in [0.25, 0.3) is 0 Å². The molecule has 0 aliphatic rings. The van der Waals surface area contributed by atoms with Crippen LogP contribution in [0.4, 0.5) is 0 Å². The van der Waals surface area contributed by atoms with Gasteiger partial charge in [-0.05, 0) is 12.3 Å². The van der Waals surface area contributed by atoms with Crippen LogP contribution in [0.2, 0.25) is 0 Å². The summed E-state index contributed by atoms with van der Waals surface area (Å²) in [6, 6.07) is 0. The third-order valence-corrected chi connectivity index (χ3v) is 3.07. The Morgan fingerprint density at radius 2 is 1.69 bits per heavy atom. The zero-order valence-electron chi connectivity index (χ0n) is 11.3. The number of carbonyl (C=O) groups excluding carboxylic acids is 1. The van der Waals surface area contributed by atoms with Gasteiger partial charge in [-0.15, -0.1) is 0 Å². The lowest BCUT2D eigenvalue weighted by atomic mass is 9.99. The molecule has 2 nitrogen and oxygen atoms in total. The average molecular weight is 228 g/mol. The van der Waals surface area contributed by atoms with Crippen LogP contribution in [0, 0.1) is 5.92 Å². The maximum atomic E-state index is 10.7. The molecule has 0 rings (SSSR count). The van der Waals surface area contributed by atoms with E-state index in [1.165, 1.54) is 51.9 Å². The van der Waals surface area contributed by atoms with Gasteiger partial charge in [0.2, 0.25) is 0 Å². The highest BCUT2D eigenvalue weighted by molar-refractivity contribution is 5.65. The van der Waals surface area contributed by atoms with E-state index in [4.69, 9.17) is 4.74 Å². The second kappa shape index (κ2) is 11.0. The standard InChI is InChI=1S/C14H28O2/c1-4-6-7-8-9-10-11-14(5-2)12-16-13(3)15/h14H,4-12H2,1-3H3. The zero-order chi connectivity index (χ0) is 12.2. The molecule has 0 radical (unpaired) electrons. The highest BCUT2D eigenvalue weighted by atomic mass is 16.5. The molecular formula is C14H28O2. The predicted molar refractivity (Wildman–Crippen MR) is 68.4 cm³/mol. The molecule has 0 aromatic rings. The first-order valence-electron chi connectivity index (χ1n) is 6.84. The summed E-state index contributed by atoms with van der Waals surface area (Å²) >= 11 is 0. The van der Waals surface area contributed by atoms with E-state index in [1.807, 2.05) is 0 Å². The summed E-state index contributed by atoms with van der Waals surface area (Å²) in [6.45, 7) is 6.51. The molecule has 0 fully saturated rings. The lowest BCUT2D eigenvalue weighted by Crippen LogP contribution is -2.11. The number of ether oxygens (including phenoxy) is 1. The van der Waals surface area contributed by atoms with Crippen LogP contribution in [0.25, 0.3) is 0 Å². The van der Waals surface area contributed by atoms with Crippen LogP contribution < -0.4 is 0 Å². The van der Waals surface area contributed by atoms with Crippen LogP contribution in [-0.2, 0) is 9.53 Å². The quantitative estimate of drug-likeness (QED) is 0.411. The molecule has 0 N–H and O–H groups in total. The molecule has 0 aromatic heterocycles. The Morgan fingerprint density at radius 1 is 1.06 bits per heavy atom. The Balaban J connectivity index is 3.37. The van der Waals surface area contributed by atoms with Gasteiger partial charge in [0, 0.05) is 6.92 Å². The van der Waals surface area contributed by atoms with Crippen molar-refractivity contribution in [2.75, 3.05) is 6.61 Å². The SMILES string of the molecule is CCCCCCCCC(CC)COC(C)=O. The zero-order valence-corrected chi connectivity index (χ0v) is 11.3. The van der Waals surface area contributed by atoms with E-state index < -0.39 is 0 Å². The first-order valence-corrected chi connectivity index (χ1v) is 6.84. The molecule has 0 aliphatic heterocycles. The minimum atomic E-state index is -0.151. The van der Waals surface area contributed by atoms with Crippen molar-refractivity contribution in [3.63, 3.8) is 0 Å². The molecule has 16 heavy (non-hydrogen) atoms. The molecule has 0 saturated heterocycles. The van der Waals surface area contributed by atoms with Gasteiger partial charge < -0.3 is 4.74 Å². The molecule has 1 atom stereocenters. The Hall–Kier alpha value is -0.530. The number of hydrogen-bond donors (Lipinski definition) is 0. The Bertz CT molecular complexity index is 166. The number of carbonyl (C=O) groups is 1. The van der Waals surface area contributed by atoms with Gasteiger partial charge in [0.1, 0.15) is 0 Å². The minimum Gasteiger partial charge on any atom is -0.466 e. The first-order chi connectivity index (χ1) is 7.70. The molecular weight excluding hydrogens is 200 g/mol. The minimum absolute atomic E-state index is 0.151. The summed E-state index contributed by atoms with van der Waals surface area (Å²) in [5, 5.41) is 0. The van der Waals surface area contributed by atoms with E-state index in [1.54, 1.807) is 0 Å². The Labute approximate surface area is 101 Å². The van der Waals surface area contributed by atoms with Crippen LogP contribution >= 0.6 is 0 Å². The van der Waals surface area contributed by atoms with Crippen molar-refractivity contribution in [1.82, 2.24) is 0 Å². The van der Waals surface area contributed by atoms with E-state index in [2.05, 4.69) is 13.8 Å². The number of hydrogen-bond acceptors (Lipinski definition) is 2. The van der Waals surface area contributed by atoms with E-state index in [0.29, 0.717) is 12.5 Å². The molecule has 0 spiro atoms. The topological polar surface area (TPSA) is 26.3 Å². The van der Waals surface area contributed by atoms with Gasteiger partial charge in [0.15, 0.2) is 0 Å². The van der Waals surface area contributed by atoms with Crippen LogP contribution in [0.1, 0.15) is 72.1 Å². The Kier molecular flexibility index (Phi) is 10.6. The Morgan fingerprint density at radius 3 is 2.25 bits per heavy atom. The second-order valence-corrected chi connectivity index (χ2v) is 4.63. The highest BCUT2D eigenvalue weighted by Crippen LogP contribution is 2.15. The molecule has 2 heteroatoms. The van der Waals surface area contributed by atoms with Gasteiger partial charge in [-0.2, -0.15) is 0 Å². The smallest absolute Gasteiger partial charge is 0.302 e. The average Bonchev–Trinajstić information content (AvgIpc) is 2.27. The van der Waals surface area contributed by atoms with Crippen molar-refractivity contribution in [3.8, 4) is 0 Å². The fraction of sp³-hybridized carbons (Fsp3) is 0.929. The molecule has 0 amide bonds. The summed E-state index contributed by atoms with van der Waals surface area (Å²) in [5.41, 5.74) is 0. The molecule has 0 saturated carbocycles. The van der Waals surface area contributed by atoms with Crippen molar-refractivity contribution in [3.05, 3.63) is 0 Å². The van der Waals surface area contributed by atoms with E-state index in [-0.39, 0.29) is 5.97 Å². The molecule has 96 valence electrons. The monoisotopic (exact) mass is 228 g/mol. The summed E-state index contributed by atoms with van der Waals surface area (Å²) in [7, 11) is 0. The fourth-order valence-corrected chi connectivity index (χ4v) is 1.85. The van der Waals surface area contributed by atoms with Crippen molar-refractivity contribution < 1.29 is 9.53 Å². The number of esters is 1. The van der Waals surface area contributed by atoms with Crippen molar-refractivity contribution in [1.29, 1.82) is 0 Å². The summed E-state index contributed by atoms with van der Waals surface area (Å²) in [6.07, 6.45) is 10.3. The van der Waals surface area contributed by atoms with Crippen LogP contribution in [0.5, 0.6) is 0 Å². The van der Waals surface area contributed by atoms with Crippen LogP contribution in [0.15, 0.2) is 0 Å². The second-order valence-electron chi connectivity index (χ2n) is 4.63. The molecule has 1 unspecified atom stereocenters. The van der Waals surface area contributed by atoms with Gasteiger partial charge in [-0.3, -0.25) is 4.79 Å². The van der Waals surface area contributed by atoms with Crippen LogP contribution in [0.3, 0.4) is 0 Å². The van der Waals surface area contributed by atoms with Crippen molar-refractivity contribution in [2.24, 2.45) is 5.92 Å². The maximum Gasteiger partial charge on any atom is 0.302 e. The number of unbranched alkanes of at least 4 members (excludes halogenated alkanes) is 5. The molecule has 0 aromatic carbocycles. The van der Waals surface area contributed by atoms with Gasteiger partial charge >= 0.3 is 5.97 Å². The lowest BCUT2D eigenvalue weighted by molar-refractivity contribution is -0.142. The number of rotatable bonds is 10. The largest absolute Gasteiger partial charge is 0.466 e. The van der Waals surface area contributed by atoms with Crippen molar-refractivity contribution in [2.45, 2.75) is 72.1 Å². The first kappa shape index (κ1) is 15.5. The molecule has 0 bridgehead atoms. The third kappa shape index (κ3) is 10.0. The third-order valence-electron chi connectivity index (χ3n) is 3.07. The predicted octanol–water partition coefficient (Wildman–Crippen LogP) is 4.33. The highest BCUT2D eigenvalue weighted by Gasteiger charge is 2.07. The summed E-state index contributed by atoms with van der Waals surface area (Å²) < 4.78 is 5.05. The molecule has 0 heterocycles. The van der Waals surface area contributed by atoms with Crippen LogP contribution in [-0.4, -0.2) is 12.6 Å². The van der Waals surface area contributed by atoms with E-state index >= 15 is 0 Å². The van der Waals surface area contributed by atoms with E-state index in [0.717, 1.165) is 6.42 Å². The summed E-state index contributed by atoms with van der Waals surface area (Å²) in [5.74, 6) is 0.413. The summed E-state index contributed by atoms with van der Waals surface area (Å²) in [4.78, 5) is 10.7.